The largest absolute Gasteiger partial charge is 0.508 e. The van der Waals surface area contributed by atoms with Crippen molar-refractivity contribution in [1.29, 1.82) is 0 Å². The SMILES string of the molecule is C=CCN1CC[C@@]2(c3cccc(O)c3)C[C@H](NC(=O)CCCCCc3ccccc3)CC[C@]2(O)C1. The zero-order chi connectivity index (χ0) is 24.7. The molecule has 2 aromatic rings. The van der Waals surface area contributed by atoms with E-state index in [0.29, 0.717) is 25.8 Å². The van der Waals surface area contributed by atoms with Crippen molar-refractivity contribution in [2.45, 2.75) is 74.8 Å². The Hall–Kier alpha value is -2.63. The third-order valence-electron chi connectivity index (χ3n) is 8.10. The van der Waals surface area contributed by atoms with E-state index in [4.69, 9.17) is 0 Å². The van der Waals surface area contributed by atoms with Gasteiger partial charge in [0.2, 0.25) is 5.91 Å². The zero-order valence-corrected chi connectivity index (χ0v) is 20.8. The second kappa shape index (κ2) is 11.4. The van der Waals surface area contributed by atoms with Gasteiger partial charge in [0, 0.05) is 31.0 Å². The van der Waals surface area contributed by atoms with Crippen molar-refractivity contribution in [3.8, 4) is 5.75 Å². The summed E-state index contributed by atoms with van der Waals surface area (Å²) >= 11 is 0. The molecule has 0 aromatic heterocycles. The number of nitrogens with zero attached hydrogens (tertiary/aromatic N) is 1. The highest BCUT2D eigenvalue weighted by molar-refractivity contribution is 5.76. The fraction of sp³-hybridized carbons (Fsp3) is 0.500. The summed E-state index contributed by atoms with van der Waals surface area (Å²) in [5.41, 5.74) is 0.928. The number of carbonyl (C=O) groups is 1. The Balaban J connectivity index is 1.36. The summed E-state index contributed by atoms with van der Waals surface area (Å²) in [4.78, 5) is 15.0. The highest BCUT2D eigenvalue weighted by Crippen LogP contribution is 2.52. The molecule has 1 amide bonds. The zero-order valence-electron chi connectivity index (χ0n) is 20.8. The highest BCUT2D eigenvalue weighted by atomic mass is 16.3. The normalized spacial score (nSPS) is 26.6. The van der Waals surface area contributed by atoms with Crippen LogP contribution in [0.2, 0.25) is 0 Å². The molecule has 0 bridgehead atoms. The number of fused-ring (bicyclic) bond motifs is 1. The number of phenols is 1. The van der Waals surface area contributed by atoms with Gasteiger partial charge in [-0.15, -0.1) is 6.58 Å². The average molecular weight is 477 g/mol. The molecule has 1 saturated heterocycles. The first-order chi connectivity index (χ1) is 16.9. The molecule has 1 aliphatic heterocycles. The van der Waals surface area contributed by atoms with Crippen LogP contribution >= 0.6 is 0 Å². The highest BCUT2D eigenvalue weighted by Gasteiger charge is 2.57. The number of β-amino-alcohol motifs (C(OH)–C–C–N with tert-alkyl or cyclic N) is 1. The van der Waals surface area contributed by atoms with Crippen LogP contribution in [-0.2, 0) is 16.6 Å². The molecule has 2 fully saturated rings. The minimum Gasteiger partial charge on any atom is -0.508 e. The Labute approximate surface area is 209 Å². The molecule has 0 unspecified atom stereocenters. The maximum absolute atomic E-state index is 12.8. The van der Waals surface area contributed by atoms with Crippen LogP contribution in [0.15, 0.2) is 67.3 Å². The maximum Gasteiger partial charge on any atom is 0.220 e. The van der Waals surface area contributed by atoms with Crippen LogP contribution in [0.5, 0.6) is 5.75 Å². The molecule has 3 N–H and O–H groups in total. The maximum atomic E-state index is 12.8. The number of likely N-dealkylation sites (tertiary alicyclic amines) is 1. The molecule has 0 radical (unpaired) electrons. The smallest absolute Gasteiger partial charge is 0.220 e. The van der Waals surface area contributed by atoms with Gasteiger partial charge in [-0.3, -0.25) is 9.69 Å². The molecular formula is C30H40N2O3. The van der Waals surface area contributed by atoms with E-state index in [-0.39, 0.29) is 17.7 Å². The number of benzene rings is 2. The lowest BCUT2D eigenvalue weighted by molar-refractivity contribution is -0.132. The van der Waals surface area contributed by atoms with E-state index in [1.165, 1.54) is 5.56 Å². The van der Waals surface area contributed by atoms with Gasteiger partial charge in [0.25, 0.3) is 0 Å². The number of carbonyl (C=O) groups excluding carboxylic acids is 1. The average Bonchev–Trinajstić information content (AvgIpc) is 2.85. The van der Waals surface area contributed by atoms with Crippen LogP contribution in [-0.4, -0.2) is 52.3 Å². The number of amides is 1. The molecule has 1 aliphatic carbocycles. The number of hydrogen-bond acceptors (Lipinski definition) is 4. The number of phenolic OH excluding ortho intramolecular Hbond substituents is 1. The van der Waals surface area contributed by atoms with Crippen LogP contribution in [0.3, 0.4) is 0 Å². The summed E-state index contributed by atoms with van der Waals surface area (Å²) in [6.07, 6.45) is 9.37. The second-order valence-corrected chi connectivity index (χ2v) is 10.5. The summed E-state index contributed by atoms with van der Waals surface area (Å²) in [5, 5.41) is 25.4. The van der Waals surface area contributed by atoms with Gasteiger partial charge in [0.05, 0.1) is 5.60 Å². The Morgan fingerprint density at radius 3 is 2.71 bits per heavy atom. The Morgan fingerprint density at radius 1 is 1.11 bits per heavy atom. The number of rotatable bonds is 10. The fourth-order valence-electron chi connectivity index (χ4n) is 6.26. The van der Waals surface area contributed by atoms with Crippen LogP contribution < -0.4 is 5.32 Å². The standard InChI is InChI=1S/C30H40N2O3/c1-2-19-32-20-18-29(25-13-9-14-27(33)21-25)22-26(16-17-30(29,35)23-32)31-28(34)15-8-4-7-12-24-10-5-3-6-11-24/h2-3,5-6,9-11,13-14,21,26,33,35H,1,4,7-8,12,15-20,22-23H2,(H,31,34)/t26-,29+,30+/m1/s1. The van der Waals surface area contributed by atoms with Crippen molar-refractivity contribution in [2.75, 3.05) is 19.6 Å². The van der Waals surface area contributed by atoms with Gasteiger partial charge in [-0.05, 0) is 74.8 Å². The van der Waals surface area contributed by atoms with Gasteiger partial charge >= 0.3 is 0 Å². The van der Waals surface area contributed by atoms with Crippen LogP contribution in [0.4, 0.5) is 0 Å². The third-order valence-corrected chi connectivity index (χ3v) is 8.10. The Kier molecular flexibility index (Phi) is 8.30. The molecule has 1 heterocycles. The van der Waals surface area contributed by atoms with E-state index in [1.807, 2.05) is 24.3 Å². The van der Waals surface area contributed by atoms with E-state index in [0.717, 1.165) is 57.2 Å². The van der Waals surface area contributed by atoms with Crippen molar-refractivity contribution in [2.24, 2.45) is 0 Å². The van der Waals surface area contributed by atoms with Gasteiger partial charge in [-0.25, -0.2) is 0 Å². The first-order valence-corrected chi connectivity index (χ1v) is 13.1. The summed E-state index contributed by atoms with van der Waals surface area (Å²) in [5.74, 6) is 0.324. The van der Waals surface area contributed by atoms with Crippen LogP contribution in [0.1, 0.15) is 62.5 Å². The molecule has 2 aliphatic rings. The fourth-order valence-corrected chi connectivity index (χ4v) is 6.26. The first kappa shape index (κ1) is 25.5. The molecular weight excluding hydrogens is 436 g/mol. The monoisotopic (exact) mass is 476 g/mol. The van der Waals surface area contributed by atoms with Gasteiger partial charge in [0.1, 0.15) is 5.75 Å². The van der Waals surface area contributed by atoms with Crippen molar-refractivity contribution < 1.29 is 15.0 Å². The lowest BCUT2D eigenvalue weighted by atomic mass is 9.55. The van der Waals surface area contributed by atoms with Gasteiger partial charge < -0.3 is 15.5 Å². The molecule has 5 heteroatoms. The van der Waals surface area contributed by atoms with Crippen molar-refractivity contribution in [1.82, 2.24) is 10.2 Å². The molecule has 0 spiro atoms. The second-order valence-electron chi connectivity index (χ2n) is 10.5. The minimum absolute atomic E-state index is 0.0281. The number of aryl methyl sites for hydroxylation is 1. The Morgan fingerprint density at radius 2 is 1.94 bits per heavy atom. The van der Waals surface area contributed by atoms with Gasteiger partial charge in [-0.1, -0.05) is 55.0 Å². The predicted octanol–water partition coefficient (Wildman–Crippen LogP) is 4.72. The number of nitrogens with one attached hydrogen (secondary N) is 1. The van der Waals surface area contributed by atoms with E-state index in [2.05, 4.69) is 41.1 Å². The van der Waals surface area contributed by atoms with Crippen LogP contribution in [0.25, 0.3) is 0 Å². The summed E-state index contributed by atoms with van der Waals surface area (Å²) in [6, 6.07) is 17.9. The van der Waals surface area contributed by atoms with Gasteiger partial charge in [-0.2, -0.15) is 0 Å². The molecule has 4 rings (SSSR count). The summed E-state index contributed by atoms with van der Waals surface area (Å²) < 4.78 is 0. The topological polar surface area (TPSA) is 72.8 Å². The van der Waals surface area contributed by atoms with Crippen LogP contribution in [0, 0.1) is 0 Å². The lowest BCUT2D eigenvalue weighted by Gasteiger charge is -2.58. The van der Waals surface area contributed by atoms with E-state index in [9.17, 15) is 15.0 Å². The molecule has 1 saturated carbocycles. The molecule has 3 atom stereocenters. The summed E-state index contributed by atoms with van der Waals surface area (Å²) in [7, 11) is 0. The molecule has 188 valence electrons. The van der Waals surface area contributed by atoms with Crippen molar-refractivity contribution in [3.63, 3.8) is 0 Å². The molecule has 2 aromatic carbocycles. The van der Waals surface area contributed by atoms with E-state index >= 15 is 0 Å². The third kappa shape index (κ3) is 5.96. The van der Waals surface area contributed by atoms with E-state index < -0.39 is 11.0 Å². The first-order valence-electron chi connectivity index (χ1n) is 13.1. The molecule has 35 heavy (non-hydrogen) atoms. The van der Waals surface area contributed by atoms with Crippen molar-refractivity contribution in [3.05, 3.63) is 78.4 Å². The number of aliphatic hydroxyl groups is 1. The van der Waals surface area contributed by atoms with Crippen molar-refractivity contribution >= 4 is 5.91 Å². The quantitative estimate of drug-likeness (QED) is 0.343. The predicted molar refractivity (Wildman–Crippen MR) is 140 cm³/mol. The lowest BCUT2D eigenvalue weighted by Crippen LogP contribution is -2.67. The minimum atomic E-state index is -0.902. The number of unbranched alkanes of at least 4 members (excludes halogenated alkanes) is 2. The number of hydrogen-bond donors (Lipinski definition) is 3. The molecule has 5 nitrogen and oxygen atoms in total. The summed E-state index contributed by atoms with van der Waals surface area (Å²) in [6.45, 7) is 6.05. The number of piperidine rings is 1. The van der Waals surface area contributed by atoms with E-state index in [1.54, 1.807) is 12.1 Å². The number of aromatic hydroxyl groups is 1. The Bertz CT molecular complexity index is 994. The van der Waals surface area contributed by atoms with Gasteiger partial charge in [0.15, 0.2) is 0 Å².